The van der Waals surface area contributed by atoms with Gasteiger partial charge in [0, 0.05) is 6.07 Å². The minimum atomic E-state index is -0.274. The second-order valence-electron chi connectivity index (χ2n) is 3.73. The van der Waals surface area contributed by atoms with Crippen molar-refractivity contribution < 1.29 is 9.32 Å². The summed E-state index contributed by atoms with van der Waals surface area (Å²) < 4.78 is 5.57. The SMILES string of the molecule is CCC(Sc1nnc(N)s1)C(=O)Nc1cc(C)on1. The van der Waals surface area contributed by atoms with Gasteiger partial charge in [-0.05, 0) is 13.3 Å². The molecule has 1 amide bonds. The van der Waals surface area contributed by atoms with Gasteiger partial charge in [-0.3, -0.25) is 4.79 Å². The van der Waals surface area contributed by atoms with Crippen LogP contribution in [-0.2, 0) is 4.79 Å². The maximum atomic E-state index is 12.1. The van der Waals surface area contributed by atoms with Crippen LogP contribution < -0.4 is 11.1 Å². The summed E-state index contributed by atoms with van der Waals surface area (Å²) in [7, 11) is 0. The van der Waals surface area contributed by atoms with E-state index in [1.54, 1.807) is 13.0 Å². The minimum absolute atomic E-state index is 0.144. The second kappa shape index (κ2) is 6.02. The van der Waals surface area contributed by atoms with Gasteiger partial charge in [-0.15, -0.1) is 10.2 Å². The maximum absolute atomic E-state index is 12.1. The number of hydrogen-bond donors (Lipinski definition) is 2. The van der Waals surface area contributed by atoms with Gasteiger partial charge in [-0.2, -0.15) is 0 Å². The predicted octanol–water partition coefficient (Wildman–Crippen LogP) is 1.93. The lowest BCUT2D eigenvalue weighted by Crippen LogP contribution is -2.24. The van der Waals surface area contributed by atoms with Crippen LogP contribution >= 0.6 is 23.1 Å². The van der Waals surface area contributed by atoms with Crippen molar-refractivity contribution in [3.8, 4) is 0 Å². The van der Waals surface area contributed by atoms with Gasteiger partial charge < -0.3 is 15.6 Å². The molecule has 1 atom stereocenters. The van der Waals surface area contributed by atoms with Crippen LogP contribution in [0.15, 0.2) is 14.9 Å². The van der Waals surface area contributed by atoms with Gasteiger partial charge in [0.2, 0.25) is 11.0 Å². The number of nitrogens with one attached hydrogen (secondary N) is 1. The van der Waals surface area contributed by atoms with E-state index in [0.717, 1.165) is 0 Å². The molecule has 0 fully saturated rings. The van der Waals surface area contributed by atoms with Gasteiger partial charge in [0.1, 0.15) is 5.76 Å². The Hall–Kier alpha value is -1.61. The first-order valence-electron chi connectivity index (χ1n) is 5.58. The smallest absolute Gasteiger partial charge is 0.239 e. The number of nitrogen functional groups attached to an aromatic ring is 1. The van der Waals surface area contributed by atoms with Crippen LogP contribution in [0.5, 0.6) is 0 Å². The van der Waals surface area contributed by atoms with E-state index in [9.17, 15) is 4.79 Å². The van der Waals surface area contributed by atoms with Crippen LogP contribution in [0.2, 0.25) is 0 Å². The quantitative estimate of drug-likeness (QED) is 0.812. The summed E-state index contributed by atoms with van der Waals surface area (Å²) in [6, 6.07) is 1.66. The van der Waals surface area contributed by atoms with Crippen LogP contribution in [0.25, 0.3) is 0 Å². The third kappa shape index (κ3) is 3.67. The third-order valence-electron chi connectivity index (χ3n) is 2.21. The molecule has 102 valence electrons. The van der Waals surface area contributed by atoms with Crippen LogP contribution in [0.4, 0.5) is 10.9 Å². The van der Waals surface area contributed by atoms with Gasteiger partial charge in [-0.1, -0.05) is 35.2 Å². The van der Waals surface area contributed by atoms with E-state index in [1.807, 2.05) is 6.92 Å². The second-order valence-corrected chi connectivity index (χ2v) is 6.19. The standard InChI is InChI=1S/C10H13N5O2S2/c1-3-6(18-10-14-13-9(11)19-10)8(16)12-7-4-5(2)17-15-7/h4,6H,3H2,1-2H3,(H2,11,13)(H,12,15,16). The van der Waals surface area contributed by atoms with Crippen LogP contribution in [0, 0.1) is 6.92 Å². The average Bonchev–Trinajstić information content (AvgIpc) is 2.95. The summed E-state index contributed by atoms with van der Waals surface area (Å²) in [5.41, 5.74) is 5.51. The molecule has 0 aliphatic carbocycles. The van der Waals surface area contributed by atoms with Crippen molar-refractivity contribution in [2.45, 2.75) is 29.9 Å². The summed E-state index contributed by atoms with van der Waals surface area (Å²) in [6.07, 6.45) is 0.660. The molecule has 9 heteroatoms. The zero-order valence-corrected chi connectivity index (χ0v) is 12.0. The van der Waals surface area contributed by atoms with E-state index < -0.39 is 0 Å². The molecular formula is C10H13N5O2S2. The number of aryl methyl sites for hydroxylation is 1. The van der Waals surface area contributed by atoms with E-state index in [0.29, 0.717) is 27.5 Å². The molecule has 0 aromatic carbocycles. The topological polar surface area (TPSA) is 107 Å². The summed E-state index contributed by atoms with van der Waals surface area (Å²) in [5.74, 6) is 0.917. The van der Waals surface area contributed by atoms with Gasteiger partial charge in [-0.25, -0.2) is 0 Å². The van der Waals surface area contributed by atoms with Crippen molar-refractivity contribution in [1.82, 2.24) is 15.4 Å². The molecule has 3 N–H and O–H groups in total. The van der Waals surface area contributed by atoms with Crippen LogP contribution in [0.1, 0.15) is 19.1 Å². The summed E-state index contributed by atoms with van der Waals surface area (Å²) >= 11 is 2.60. The molecule has 1 unspecified atom stereocenters. The van der Waals surface area contributed by atoms with E-state index in [4.69, 9.17) is 10.3 Å². The molecule has 2 rings (SSSR count). The number of carbonyl (C=O) groups excluding carboxylic acids is 1. The third-order valence-corrected chi connectivity index (χ3v) is 4.41. The van der Waals surface area contributed by atoms with Crippen molar-refractivity contribution in [2.24, 2.45) is 0 Å². The number of thioether (sulfide) groups is 1. The van der Waals surface area contributed by atoms with E-state index >= 15 is 0 Å². The van der Waals surface area contributed by atoms with Gasteiger partial charge in [0.15, 0.2) is 10.2 Å². The van der Waals surface area contributed by atoms with Crippen molar-refractivity contribution >= 4 is 40.0 Å². The molecule has 0 bridgehead atoms. The number of hydrogen-bond acceptors (Lipinski definition) is 8. The first-order valence-corrected chi connectivity index (χ1v) is 7.28. The summed E-state index contributed by atoms with van der Waals surface area (Å²) in [5, 5.41) is 14.1. The molecule has 0 spiro atoms. The molecule has 0 saturated carbocycles. The normalized spacial score (nSPS) is 12.3. The zero-order valence-electron chi connectivity index (χ0n) is 10.4. The molecule has 0 aliphatic rings. The number of anilines is 2. The average molecular weight is 299 g/mol. The Morgan fingerprint density at radius 3 is 2.95 bits per heavy atom. The Kier molecular flexibility index (Phi) is 4.38. The fourth-order valence-corrected chi connectivity index (χ4v) is 3.15. The van der Waals surface area contributed by atoms with Gasteiger partial charge in [0.25, 0.3) is 0 Å². The molecule has 0 aliphatic heterocycles. The molecule has 0 radical (unpaired) electrons. The number of nitrogens with two attached hydrogens (primary N) is 1. The van der Waals surface area contributed by atoms with Gasteiger partial charge >= 0.3 is 0 Å². The fourth-order valence-electron chi connectivity index (χ4n) is 1.34. The van der Waals surface area contributed by atoms with Crippen molar-refractivity contribution in [3.63, 3.8) is 0 Å². The molecule has 2 aromatic heterocycles. The highest BCUT2D eigenvalue weighted by molar-refractivity contribution is 8.02. The monoisotopic (exact) mass is 299 g/mol. The molecular weight excluding hydrogens is 286 g/mol. The Labute approximate surface area is 118 Å². The number of aromatic nitrogens is 3. The van der Waals surface area contributed by atoms with Crippen LogP contribution in [-0.4, -0.2) is 26.5 Å². The number of nitrogens with zero attached hydrogens (tertiary/aromatic N) is 3. The van der Waals surface area contributed by atoms with Crippen molar-refractivity contribution in [3.05, 3.63) is 11.8 Å². The zero-order chi connectivity index (χ0) is 13.8. The van der Waals surface area contributed by atoms with E-state index in [2.05, 4.69) is 20.7 Å². The number of rotatable bonds is 5. The highest BCUT2D eigenvalue weighted by Gasteiger charge is 2.21. The first-order chi connectivity index (χ1) is 9.08. The Morgan fingerprint density at radius 1 is 1.63 bits per heavy atom. The Balaban J connectivity index is 1.98. The molecule has 2 aromatic rings. The fraction of sp³-hybridized carbons (Fsp3) is 0.400. The summed E-state index contributed by atoms with van der Waals surface area (Å²) in [4.78, 5) is 12.1. The molecule has 7 nitrogen and oxygen atoms in total. The highest BCUT2D eigenvalue weighted by atomic mass is 32.2. The summed E-state index contributed by atoms with van der Waals surface area (Å²) in [6.45, 7) is 3.69. The Bertz CT molecular complexity index is 568. The lowest BCUT2D eigenvalue weighted by molar-refractivity contribution is -0.115. The maximum Gasteiger partial charge on any atom is 0.239 e. The Morgan fingerprint density at radius 2 is 2.42 bits per heavy atom. The van der Waals surface area contributed by atoms with Crippen LogP contribution in [0.3, 0.4) is 0 Å². The predicted molar refractivity (Wildman–Crippen MR) is 74.1 cm³/mol. The van der Waals surface area contributed by atoms with E-state index in [-0.39, 0.29) is 11.2 Å². The van der Waals surface area contributed by atoms with Crippen molar-refractivity contribution in [2.75, 3.05) is 11.1 Å². The molecule has 0 saturated heterocycles. The molecule has 19 heavy (non-hydrogen) atoms. The minimum Gasteiger partial charge on any atom is -0.374 e. The lowest BCUT2D eigenvalue weighted by atomic mass is 10.3. The first kappa shape index (κ1) is 13.8. The number of carbonyl (C=O) groups is 1. The van der Waals surface area contributed by atoms with Crippen molar-refractivity contribution in [1.29, 1.82) is 0 Å². The largest absolute Gasteiger partial charge is 0.374 e. The lowest BCUT2D eigenvalue weighted by Gasteiger charge is -2.10. The van der Waals surface area contributed by atoms with E-state index in [1.165, 1.54) is 23.1 Å². The number of amides is 1. The molecule has 2 heterocycles. The highest BCUT2D eigenvalue weighted by Crippen LogP contribution is 2.29. The van der Waals surface area contributed by atoms with Gasteiger partial charge in [0.05, 0.1) is 5.25 Å².